The van der Waals surface area contributed by atoms with Crippen molar-refractivity contribution in [2.45, 2.75) is 41.9 Å². The minimum Gasteiger partial charge on any atom is -0.484 e. The summed E-state index contributed by atoms with van der Waals surface area (Å²) >= 11 is 2.95. The zero-order valence-electron chi connectivity index (χ0n) is 22.9. The van der Waals surface area contributed by atoms with Crippen LogP contribution in [0.25, 0.3) is 0 Å². The van der Waals surface area contributed by atoms with Gasteiger partial charge in [0.05, 0.1) is 22.5 Å². The van der Waals surface area contributed by atoms with Gasteiger partial charge in [-0.15, -0.1) is 11.8 Å². The Balaban J connectivity index is 1.08. The number of likely N-dealkylation sites (tertiary alicyclic amines) is 1. The molecule has 3 amide bonds. The van der Waals surface area contributed by atoms with E-state index >= 15 is 0 Å². The van der Waals surface area contributed by atoms with E-state index in [9.17, 15) is 19.2 Å². The third-order valence-corrected chi connectivity index (χ3v) is 12.6. The van der Waals surface area contributed by atoms with Gasteiger partial charge in [-0.25, -0.2) is 0 Å². The Labute approximate surface area is 251 Å². The van der Waals surface area contributed by atoms with E-state index < -0.39 is 0 Å². The second-order valence-corrected chi connectivity index (χ2v) is 14.3. The summed E-state index contributed by atoms with van der Waals surface area (Å²) in [5.41, 5.74) is 1.71. The topological polar surface area (TPSA) is 99.8 Å². The van der Waals surface area contributed by atoms with E-state index in [1.54, 1.807) is 11.8 Å². The number of H-pyrrole nitrogens is 1. The Morgan fingerprint density at radius 2 is 1.62 bits per heavy atom. The molecule has 2 aromatic carbocycles. The molecule has 2 saturated carbocycles. The number of aromatic nitrogens is 1. The van der Waals surface area contributed by atoms with Crippen molar-refractivity contribution in [2.75, 3.05) is 24.6 Å². The van der Waals surface area contributed by atoms with Crippen LogP contribution in [-0.2, 0) is 14.4 Å². The lowest BCUT2D eigenvalue weighted by molar-refractivity contribution is -0.134. The fourth-order valence-corrected chi connectivity index (χ4v) is 11.3. The van der Waals surface area contributed by atoms with Gasteiger partial charge in [0.25, 0.3) is 5.91 Å². The first kappa shape index (κ1) is 26.3. The number of para-hydroxylation sites is 1. The molecule has 7 atom stereocenters. The van der Waals surface area contributed by atoms with Crippen molar-refractivity contribution in [1.82, 2.24) is 9.88 Å². The van der Waals surface area contributed by atoms with Crippen LogP contribution >= 0.6 is 23.1 Å². The van der Waals surface area contributed by atoms with E-state index in [1.807, 2.05) is 59.5 Å². The molecule has 3 aliphatic heterocycles. The molecule has 5 aliphatic rings. The van der Waals surface area contributed by atoms with Crippen LogP contribution in [0, 0.1) is 29.6 Å². The molecule has 4 fully saturated rings. The average Bonchev–Trinajstić information content (AvgIpc) is 3.76. The minimum absolute atomic E-state index is 0.0181. The van der Waals surface area contributed by atoms with Crippen molar-refractivity contribution >= 4 is 46.5 Å². The number of carbonyl (C=O) groups excluding carboxylic acids is 3. The molecule has 4 heterocycles. The van der Waals surface area contributed by atoms with Gasteiger partial charge in [0, 0.05) is 29.1 Å². The van der Waals surface area contributed by atoms with Gasteiger partial charge < -0.3 is 14.6 Å². The number of fused-ring (bicyclic) bond motifs is 9. The van der Waals surface area contributed by atoms with Gasteiger partial charge in [-0.3, -0.25) is 24.1 Å². The van der Waals surface area contributed by atoms with E-state index in [0.29, 0.717) is 11.4 Å². The van der Waals surface area contributed by atoms with E-state index in [4.69, 9.17) is 4.74 Å². The third-order valence-electron chi connectivity index (χ3n) is 10.0. The Morgan fingerprint density at radius 3 is 2.36 bits per heavy atom. The summed E-state index contributed by atoms with van der Waals surface area (Å²) in [7, 11) is 0. The second-order valence-electron chi connectivity index (χ2n) is 12.1. The zero-order chi connectivity index (χ0) is 28.5. The largest absolute Gasteiger partial charge is 0.484 e. The Hall–Kier alpha value is -3.37. The van der Waals surface area contributed by atoms with Crippen LogP contribution in [0.5, 0.6) is 5.75 Å². The predicted octanol–water partition coefficient (Wildman–Crippen LogP) is 4.51. The van der Waals surface area contributed by atoms with Crippen LogP contribution in [0.2, 0.25) is 0 Å². The molecule has 1 aromatic heterocycles. The summed E-state index contributed by atoms with van der Waals surface area (Å²) in [5, 5.41) is 1.04. The Bertz CT molecular complexity index is 1610. The lowest BCUT2D eigenvalue weighted by Crippen LogP contribution is -2.42. The number of ether oxygens (including phenoxy) is 1. The van der Waals surface area contributed by atoms with Gasteiger partial charge in [0.2, 0.25) is 11.8 Å². The number of thioether (sulfide) groups is 1. The lowest BCUT2D eigenvalue weighted by atomic mass is 9.68. The van der Waals surface area contributed by atoms with Crippen LogP contribution in [0.4, 0.5) is 5.69 Å². The molecule has 10 heteroatoms. The average molecular weight is 602 g/mol. The number of benzene rings is 2. The Kier molecular flexibility index (Phi) is 6.33. The van der Waals surface area contributed by atoms with E-state index in [-0.39, 0.29) is 70.0 Å². The highest BCUT2D eigenvalue weighted by atomic mass is 32.2. The molecule has 42 heavy (non-hydrogen) atoms. The maximum Gasteiger partial charge on any atom is 0.305 e. The smallest absolute Gasteiger partial charge is 0.305 e. The van der Waals surface area contributed by atoms with Crippen LogP contribution in [-0.4, -0.2) is 52.6 Å². The summed E-state index contributed by atoms with van der Waals surface area (Å²) in [6.45, 7) is 1.62. The van der Waals surface area contributed by atoms with Crippen molar-refractivity contribution in [3.8, 4) is 5.75 Å². The molecule has 2 aliphatic carbocycles. The normalized spacial score (nSPS) is 31.2. The molecular formula is C32H31N3O5S2. The van der Waals surface area contributed by atoms with E-state index in [0.717, 1.165) is 47.8 Å². The van der Waals surface area contributed by atoms with Crippen LogP contribution < -0.4 is 14.5 Å². The molecule has 3 aromatic rings. The molecule has 216 valence electrons. The fourth-order valence-electron chi connectivity index (χ4n) is 8.37. The van der Waals surface area contributed by atoms with E-state index in [1.165, 1.54) is 22.7 Å². The monoisotopic (exact) mass is 601 g/mol. The second kappa shape index (κ2) is 10.1. The highest BCUT2D eigenvalue weighted by Gasteiger charge is 2.69. The van der Waals surface area contributed by atoms with Crippen molar-refractivity contribution in [3.05, 3.63) is 74.7 Å². The third kappa shape index (κ3) is 4.01. The lowest BCUT2D eigenvalue weighted by Gasteiger charge is -2.43. The number of hydrogen-bond donors (Lipinski definition) is 1. The van der Waals surface area contributed by atoms with Crippen molar-refractivity contribution in [3.63, 3.8) is 0 Å². The van der Waals surface area contributed by atoms with Crippen molar-refractivity contribution < 1.29 is 19.1 Å². The standard InChI is InChI=1S/C32H31N3O5S2/c36-22(34-13-5-2-6-14-34)16-40-19-11-9-17(10-12-19)23-24-20-15-21(27(24)41-29-28(23)42-32(39)33-29)26-25(20)30(37)35(31(26)38)18-7-3-1-4-8-18/h1,3-4,7-12,20-21,23-27H,2,5-6,13-16H2,(H,33,39)/t20?,21?,23-,24?,25?,26?,27?/m1/s1. The Morgan fingerprint density at radius 1 is 0.905 bits per heavy atom. The number of nitrogens with zero attached hydrogens (tertiary/aromatic N) is 2. The molecule has 0 radical (unpaired) electrons. The molecule has 6 unspecified atom stereocenters. The maximum absolute atomic E-state index is 13.8. The summed E-state index contributed by atoms with van der Waals surface area (Å²) in [6, 6.07) is 17.1. The van der Waals surface area contributed by atoms with Crippen LogP contribution in [0.1, 0.15) is 42.0 Å². The highest BCUT2D eigenvalue weighted by molar-refractivity contribution is 8.00. The quantitative estimate of drug-likeness (QED) is 0.433. The van der Waals surface area contributed by atoms with Gasteiger partial charge in [-0.1, -0.05) is 41.7 Å². The summed E-state index contributed by atoms with van der Waals surface area (Å²) < 4.78 is 5.87. The number of piperidine rings is 1. The number of anilines is 1. The molecule has 2 saturated heterocycles. The fraction of sp³-hybridized carbons (Fsp3) is 0.438. The number of amides is 3. The summed E-state index contributed by atoms with van der Waals surface area (Å²) in [6.07, 6.45) is 4.11. The molecule has 8 nitrogen and oxygen atoms in total. The van der Waals surface area contributed by atoms with Gasteiger partial charge in [-0.2, -0.15) is 0 Å². The first-order valence-electron chi connectivity index (χ1n) is 14.8. The molecule has 8 rings (SSSR count). The zero-order valence-corrected chi connectivity index (χ0v) is 24.6. The first-order valence-corrected chi connectivity index (χ1v) is 16.5. The molecule has 1 N–H and O–H groups in total. The number of carbonyl (C=O) groups is 3. The number of rotatable bonds is 5. The maximum atomic E-state index is 13.8. The molecule has 0 spiro atoms. The number of hydrogen-bond acceptors (Lipinski definition) is 7. The van der Waals surface area contributed by atoms with Crippen molar-refractivity contribution in [2.24, 2.45) is 29.6 Å². The molecule has 2 bridgehead atoms. The first-order chi connectivity index (χ1) is 20.5. The number of nitrogens with one attached hydrogen (secondary N) is 1. The number of thiazole rings is 1. The van der Waals surface area contributed by atoms with Crippen molar-refractivity contribution in [1.29, 1.82) is 0 Å². The SMILES string of the molecule is O=C(COc1ccc([C@H]2c3sc(=O)[nH]c3SC3C4CC(C5C(=O)N(c6ccccc6)C(=O)C45)C32)cc1)N1CCCCC1. The van der Waals surface area contributed by atoms with Gasteiger partial charge >= 0.3 is 4.87 Å². The highest BCUT2D eigenvalue weighted by Crippen LogP contribution is 2.68. The van der Waals surface area contributed by atoms with Crippen LogP contribution in [0.15, 0.2) is 64.4 Å². The van der Waals surface area contributed by atoms with E-state index in [2.05, 4.69) is 4.98 Å². The minimum atomic E-state index is -0.326. The van der Waals surface area contributed by atoms with Crippen LogP contribution in [0.3, 0.4) is 0 Å². The summed E-state index contributed by atoms with van der Waals surface area (Å²) in [4.78, 5) is 60.0. The van der Waals surface area contributed by atoms with Gasteiger partial charge in [0.1, 0.15) is 5.75 Å². The molecular weight excluding hydrogens is 571 g/mol. The number of aromatic amines is 1. The van der Waals surface area contributed by atoms with Gasteiger partial charge in [0.15, 0.2) is 6.61 Å². The number of imide groups is 1. The van der Waals surface area contributed by atoms with Gasteiger partial charge in [-0.05, 0) is 73.3 Å². The predicted molar refractivity (Wildman–Crippen MR) is 160 cm³/mol. The summed E-state index contributed by atoms with van der Waals surface area (Å²) in [5.74, 6) is 0.0964.